The van der Waals surface area contributed by atoms with Gasteiger partial charge in [-0.15, -0.1) is 11.3 Å². The number of carbonyl (C=O) groups is 1. The summed E-state index contributed by atoms with van der Waals surface area (Å²) in [5, 5.41) is 5.53. The van der Waals surface area contributed by atoms with Crippen LogP contribution in [0, 0.1) is 0 Å². The van der Waals surface area contributed by atoms with Gasteiger partial charge >= 0.3 is 0 Å². The van der Waals surface area contributed by atoms with Gasteiger partial charge in [-0.1, -0.05) is 0 Å². The van der Waals surface area contributed by atoms with Gasteiger partial charge in [0.1, 0.15) is 10.7 Å². The second-order valence-electron chi connectivity index (χ2n) is 4.38. The Hall–Kier alpha value is -0.980. The van der Waals surface area contributed by atoms with Gasteiger partial charge < -0.3 is 14.8 Å². The minimum atomic E-state index is -0.262. The SMILES string of the molecule is COCc1nc(C(=O)NC2(C)CCOC2)cs1. The Bertz CT molecular complexity index is 399. The predicted octanol–water partition coefficient (Wildman–Crippen LogP) is 1.20. The smallest absolute Gasteiger partial charge is 0.271 e. The lowest BCUT2D eigenvalue weighted by molar-refractivity contribution is 0.0885. The van der Waals surface area contributed by atoms with Gasteiger partial charge in [0.25, 0.3) is 5.91 Å². The average molecular weight is 256 g/mol. The number of methoxy groups -OCH3 is 1. The zero-order valence-electron chi connectivity index (χ0n) is 9.99. The molecule has 1 aliphatic heterocycles. The van der Waals surface area contributed by atoms with Crippen LogP contribution in [-0.2, 0) is 16.1 Å². The van der Waals surface area contributed by atoms with Crippen molar-refractivity contribution in [2.75, 3.05) is 20.3 Å². The monoisotopic (exact) mass is 256 g/mol. The van der Waals surface area contributed by atoms with Gasteiger partial charge in [0.15, 0.2) is 0 Å². The molecule has 2 rings (SSSR count). The second kappa shape index (κ2) is 5.12. The first-order chi connectivity index (χ1) is 8.13. The van der Waals surface area contributed by atoms with Gasteiger partial charge in [0, 0.05) is 19.1 Å². The summed E-state index contributed by atoms with van der Waals surface area (Å²) >= 11 is 1.43. The molecule has 0 spiro atoms. The van der Waals surface area contributed by atoms with Crippen molar-refractivity contribution in [3.63, 3.8) is 0 Å². The van der Waals surface area contributed by atoms with Crippen molar-refractivity contribution in [3.05, 3.63) is 16.1 Å². The highest BCUT2D eigenvalue weighted by Crippen LogP contribution is 2.19. The van der Waals surface area contributed by atoms with Gasteiger partial charge in [0.05, 0.1) is 18.8 Å². The summed E-state index contributed by atoms with van der Waals surface area (Å²) in [7, 11) is 1.61. The van der Waals surface area contributed by atoms with E-state index in [-0.39, 0.29) is 11.4 Å². The number of hydrogen-bond donors (Lipinski definition) is 1. The third kappa shape index (κ3) is 3.02. The molecule has 5 nitrogen and oxygen atoms in total. The van der Waals surface area contributed by atoms with Crippen LogP contribution in [-0.4, -0.2) is 36.8 Å². The summed E-state index contributed by atoms with van der Waals surface area (Å²) in [6.45, 7) is 3.69. The molecule has 17 heavy (non-hydrogen) atoms. The van der Waals surface area contributed by atoms with E-state index >= 15 is 0 Å². The first-order valence-corrected chi connectivity index (χ1v) is 6.34. The standard InChI is InChI=1S/C11H16N2O3S/c1-11(3-4-16-7-11)13-10(14)8-6-17-9(12-8)5-15-2/h6H,3-5,7H2,1-2H3,(H,13,14). The minimum absolute atomic E-state index is 0.142. The fourth-order valence-electron chi connectivity index (χ4n) is 1.71. The van der Waals surface area contributed by atoms with Gasteiger partial charge in [-0.3, -0.25) is 4.79 Å². The van der Waals surface area contributed by atoms with Crippen molar-refractivity contribution in [2.45, 2.75) is 25.5 Å². The van der Waals surface area contributed by atoms with Crippen LogP contribution < -0.4 is 5.32 Å². The summed E-state index contributed by atoms with van der Waals surface area (Å²) in [4.78, 5) is 16.2. The third-order valence-corrected chi connectivity index (χ3v) is 3.51. The maximum atomic E-state index is 12.0. The Kier molecular flexibility index (Phi) is 3.76. The molecule has 1 aromatic rings. The predicted molar refractivity (Wildman–Crippen MR) is 64.1 cm³/mol. The average Bonchev–Trinajstić information content (AvgIpc) is 2.88. The van der Waals surface area contributed by atoms with Crippen LogP contribution in [0.5, 0.6) is 0 Å². The maximum absolute atomic E-state index is 12.0. The van der Waals surface area contributed by atoms with Gasteiger partial charge in [-0.05, 0) is 13.3 Å². The highest BCUT2D eigenvalue weighted by atomic mass is 32.1. The van der Waals surface area contributed by atoms with E-state index < -0.39 is 0 Å². The van der Waals surface area contributed by atoms with Crippen LogP contribution >= 0.6 is 11.3 Å². The van der Waals surface area contributed by atoms with Crippen LogP contribution in [0.4, 0.5) is 0 Å². The highest BCUT2D eigenvalue weighted by Gasteiger charge is 2.32. The van der Waals surface area contributed by atoms with Crippen LogP contribution in [0.25, 0.3) is 0 Å². The lowest BCUT2D eigenvalue weighted by Gasteiger charge is -2.22. The van der Waals surface area contributed by atoms with Crippen molar-refractivity contribution >= 4 is 17.2 Å². The number of carbonyl (C=O) groups excluding carboxylic acids is 1. The van der Waals surface area contributed by atoms with E-state index in [0.717, 1.165) is 11.4 Å². The first-order valence-electron chi connectivity index (χ1n) is 5.46. The molecule has 0 aromatic carbocycles. The van der Waals surface area contributed by atoms with Gasteiger partial charge in [0.2, 0.25) is 0 Å². The Balaban J connectivity index is 1.98. The quantitative estimate of drug-likeness (QED) is 0.879. The van der Waals surface area contributed by atoms with Gasteiger partial charge in [-0.25, -0.2) is 4.98 Å². The molecule has 1 atom stereocenters. The lowest BCUT2D eigenvalue weighted by Crippen LogP contribution is -2.46. The Morgan fingerprint density at radius 2 is 2.59 bits per heavy atom. The Labute approximate surface area is 104 Å². The summed E-state index contributed by atoms with van der Waals surface area (Å²) in [6, 6.07) is 0. The van der Waals surface area contributed by atoms with Crippen molar-refractivity contribution in [1.82, 2.24) is 10.3 Å². The molecule has 0 radical (unpaired) electrons. The summed E-state index contributed by atoms with van der Waals surface area (Å²) < 4.78 is 10.3. The van der Waals surface area contributed by atoms with Crippen LogP contribution in [0.3, 0.4) is 0 Å². The molecule has 0 aliphatic carbocycles. The summed E-state index contributed by atoms with van der Waals surface area (Å²) in [5.74, 6) is -0.142. The fraction of sp³-hybridized carbons (Fsp3) is 0.636. The molecule has 2 heterocycles. The zero-order valence-corrected chi connectivity index (χ0v) is 10.8. The highest BCUT2D eigenvalue weighted by molar-refractivity contribution is 7.09. The molecule has 6 heteroatoms. The van der Waals surface area contributed by atoms with Crippen LogP contribution in [0.1, 0.15) is 28.8 Å². The molecule has 1 fully saturated rings. The van der Waals surface area contributed by atoms with Crippen LogP contribution in [0.2, 0.25) is 0 Å². The number of nitrogens with one attached hydrogen (secondary N) is 1. The number of nitrogens with zero attached hydrogens (tertiary/aromatic N) is 1. The normalized spacial score (nSPS) is 23.9. The molecule has 1 aromatic heterocycles. The molecular formula is C11H16N2O3S. The first kappa shape index (κ1) is 12.5. The third-order valence-electron chi connectivity index (χ3n) is 2.69. The van der Waals surface area contributed by atoms with E-state index in [0.29, 0.717) is 25.5 Å². The second-order valence-corrected chi connectivity index (χ2v) is 5.32. The van der Waals surface area contributed by atoms with E-state index in [9.17, 15) is 4.79 Å². The molecule has 1 aliphatic rings. The maximum Gasteiger partial charge on any atom is 0.271 e. The van der Waals surface area contributed by atoms with E-state index in [1.165, 1.54) is 11.3 Å². The van der Waals surface area contributed by atoms with Crippen LogP contribution in [0.15, 0.2) is 5.38 Å². The van der Waals surface area contributed by atoms with Crippen molar-refractivity contribution in [3.8, 4) is 0 Å². The number of hydrogen-bond acceptors (Lipinski definition) is 5. The molecule has 1 saturated heterocycles. The van der Waals surface area contributed by atoms with E-state index in [1.54, 1.807) is 12.5 Å². The van der Waals surface area contributed by atoms with Gasteiger partial charge in [-0.2, -0.15) is 0 Å². The van der Waals surface area contributed by atoms with E-state index in [2.05, 4.69) is 10.3 Å². The minimum Gasteiger partial charge on any atom is -0.379 e. The van der Waals surface area contributed by atoms with E-state index in [1.807, 2.05) is 6.92 Å². The van der Waals surface area contributed by atoms with Crippen molar-refractivity contribution in [2.24, 2.45) is 0 Å². The van der Waals surface area contributed by atoms with E-state index in [4.69, 9.17) is 9.47 Å². The van der Waals surface area contributed by atoms with Crippen molar-refractivity contribution < 1.29 is 14.3 Å². The molecule has 1 N–H and O–H groups in total. The topological polar surface area (TPSA) is 60.5 Å². The Morgan fingerprint density at radius 3 is 3.24 bits per heavy atom. The van der Waals surface area contributed by atoms with Crippen molar-refractivity contribution in [1.29, 1.82) is 0 Å². The molecule has 1 unspecified atom stereocenters. The molecule has 94 valence electrons. The number of amides is 1. The molecule has 1 amide bonds. The molecular weight excluding hydrogens is 240 g/mol. The zero-order chi connectivity index (χ0) is 12.3. The number of thiazole rings is 1. The number of rotatable bonds is 4. The molecule has 0 saturated carbocycles. The summed E-state index contributed by atoms with van der Waals surface area (Å²) in [5.41, 5.74) is 0.192. The lowest BCUT2D eigenvalue weighted by atomic mass is 10.0. The number of aromatic nitrogens is 1. The largest absolute Gasteiger partial charge is 0.379 e. The fourth-order valence-corrected chi connectivity index (χ4v) is 2.45. The Morgan fingerprint density at radius 1 is 1.76 bits per heavy atom. The number of ether oxygens (including phenoxy) is 2. The summed E-state index contributed by atoms with van der Waals surface area (Å²) in [6.07, 6.45) is 0.841. The molecule has 0 bridgehead atoms.